The van der Waals surface area contributed by atoms with Crippen molar-refractivity contribution in [1.82, 2.24) is 20.0 Å². The third-order valence-electron chi connectivity index (χ3n) is 8.01. The summed E-state index contributed by atoms with van der Waals surface area (Å²) in [5.41, 5.74) is 2.81. The van der Waals surface area contributed by atoms with Gasteiger partial charge in [-0.2, -0.15) is 0 Å². The van der Waals surface area contributed by atoms with Crippen LogP contribution in [0.25, 0.3) is 10.8 Å². The van der Waals surface area contributed by atoms with E-state index < -0.39 is 12.2 Å². The summed E-state index contributed by atoms with van der Waals surface area (Å²) in [6.45, 7) is 1.23. The lowest BCUT2D eigenvalue weighted by molar-refractivity contribution is -0.167. The number of benzene rings is 4. The number of hydrogen-bond acceptors (Lipinski definition) is 4. The second kappa shape index (κ2) is 11.3. The number of fused-ring (bicyclic) bond motifs is 2. The molecule has 0 saturated carbocycles. The van der Waals surface area contributed by atoms with Crippen LogP contribution in [0.1, 0.15) is 23.1 Å². The number of aromatic hydroxyl groups is 1. The molecule has 2 fully saturated rings. The number of nitrogens with zero attached hydrogens (tertiary/aromatic N) is 3. The maximum Gasteiger partial charge on any atom is 0.319 e. The molecule has 0 aliphatic carbocycles. The first-order valence-corrected chi connectivity index (χ1v) is 13.9. The van der Waals surface area contributed by atoms with Crippen molar-refractivity contribution in [2.75, 3.05) is 13.1 Å². The number of rotatable bonds is 6. The SMILES string of the molecule is O=C1C(Cc2ccc(O)cc2)N2C(=O)CCN(C(=O)NCc3ccccc3)[C@@H]2CN1Cc1cccc2ccccc12. The molecule has 4 amide bonds. The summed E-state index contributed by atoms with van der Waals surface area (Å²) < 4.78 is 0. The number of amides is 4. The highest BCUT2D eigenvalue weighted by molar-refractivity contribution is 5.92. The van der Waals surface area contributed by atoms with Crippen molar-refractivity contribution in [3.8, 4) is 5.75 Å². The molecule has 1 unspecified atom stereocenters. The minimum atomic E-state index is -0.773. The van der Waals surface area contributed by atoms with E-state index in [0.29, 0.717) is 13.1 Å². The van der Waals surface area contributed by atoms with E-state index >= 15 is 0 Å². The van der Waals surface area contributed by atoms with Gasteiger partial charge in [0.15, 0.2) is 0 Å². The van der Waals surface area contributed by atoms with Crippen LogP contribution in [0.3, 0.4) is 0 Å². The number of hydrogen-bond donors (Lipinski definition) is 2. The van der Waals surface area contributed by atoms with Crippen molar-refractivity contribution in [3.63, 3.8) is 0 Å². The molecule has 2 atom stereocenters. The highest BCUT2D eigenvalue weighted by Crippen LogP contribution is 2.30. The predicted octanol–water partition coefficient (Wildman–Crippen LogP) is 4.27. The van der Waals surface area contributed by atoms with Crippen molar-refractivity contribution >= 4 is 28.6 Å². The van der Waals surface area contributed by atoms with Gasteiger partial charge in [-0.05, 0) is 39.6 Å². The van der Waals surface area contributed by atoms with Crippen molar-refractivity contribution in [1.29, 1.82) is 0 Å². The molecular formula is C33H32N4O4. The number of urea groups is 1. The lowest BCUT2D eigenvalue weighted by Crippen LogP contribution is -2.72. The van der Waals surface area contributed by atoms with Crippen molar-refractivity contribution in [2.24, 2.45) is 0 Å². The minimum Gasteiger partial charge on any atom is -0.508 e. The third kappa shape index (κ3) is 5.45. The number of phenolic OH excluding ortho intramolecular Hbond substituents is 1. The van der Waals surface area contributed by atoms with E-state index in [0.717, 1.165) is 27.5 Å². The molecule has 0 radical (unpaired) electrons. The van der Waals surface area contributed by atoms with Gasteiger partial charge in [-0.25, -0.2) is 4.79 Å². The van der Waals surface area contributed by atoms with Crippen LogP contribution >= 0.6 is 0 Å². The van der Waals surface area contributed by atoms with Gasteiger partial charge in [0.1, 0.15) is 18.0 Å². The number of carbonyl (C=O) groups excluding carboxylic acids is 3. The third-order valence-corrected chi connectivity index (χ3v) is 8.01. The monoisotopic (exact) mass is 548 g/mol. The smallest absolute Gasteiger partial charge is 0.319 e. The molecule has 208 valence electrons. The Hall–Kier alpha value is -4.85. The molecule has 2 N–H and O–H groups in total. The van der Waals surface area contributed by atoms with Crippen LogP contribution in [0, 0.1) is 0 Å². The highest BCUT2D eigenvalue weighted by atomic mass is 16.3. The molecule has 0 bridgehead atoms. The molecule has 4 aromatic carbocycles. The molecule has 2 aliphatic heterocycles. The van der Waals surface area contributed by atoms with Crippen molar-refractivity contribution < 1.29 is 19.5 Å². The van der Waals surface area contributed by atoms with Crippen LogP contribution in [-0.2, 0) is 29.1 Å². The normalized spacial score (nSPS) is 18.9. The first-order valence-electron chi connectivity index (χ1n) is 13.9. The Balaban J connectivity index is 1.32. The van der Waals surface area contributed by atoms with Gasteiger partial charge >= 0.3 is 6.03 Å². The second-order valence-electron chi connectivity index (χ2n) is 10.6. The predicted molar refractivity (Wildman–Crippen MR) is 156 cm³/mol. The molecule has 8 nitrogen and oxygen atoms in total. The summed E-state index contributed by atoms with van der Waals surface area (Å²) in [4.78, 5) is 46.0. The molecule has 41 heavy (non-hydrogen) atoms. The molecule has 8 heteroatoms. The summed E-state index contributed by atoms with van der Waals surface area (Å²) in [7, 11) is 0. The fourth-order valence-electron chi connectivity index (χ4n) is 5.93. The van der Waals surface area contributed by atoms with Crippen LogP contribution in [0.15, 0.2) is 97.1 Å². The summed E-state index contributed by atoms with van der Waals surface area (Å²) >= 11 is 0. The fourth-order valence-corrected chi connectivity index (χ4v) is 5.93. The first kappa shape index (κ1) is 26.4. The van der Waals surface area contributed by atoms with Crippen LogP contribution in [0.5, 0.6) is 5.75 Å². The Morgan fingerprint density at radius 3 is 2.39 bits per heavy atom. The molecule has 4 aromatic rings. The summed E-state index contributed by atoms with van der Waals surface area (Å²) in [5, 5.41) is 14.9. The van der Waals surface area contributed by atoms with Gasteiger partial charge < -0.3 is 25.1 Å². The van der Waals surface area contributed by atoms with Gasteiger partial charge in [0.2, 0.25) is 11.8 Å². The molecule has 6 rings (SSSR count). The van der Waals surface area contributed by atoms with Gasteiger partial charge in [-0.1, -0.05) is 84.9 Å². The van der Waals surface area contributed by atoms with Crippen molar-refractivity contribution in [3.05, 3.63) is 114 Å². The molecule has 0 aromatic heterocycles. The summed E-state index contributed by atoms with van der Waals surface area (Å²) in [5.74, 6) is -0.152. The van der Waals surface area contributed by atoms with Crippen molar-refractivity contribution in [2.45, 2.75) is 38.1 Å². The van der Waals surface area contributed by atoms with Gasteiger partial charge in [0, 0.05) is 32.5 Å². The minimum absolute atomic E-state index is 0.134. The maximum atomic E-state index is 14.1. The van der Waals surface area contributed by atoms with Crippen LogP contribution < -0.4 is 5.32 Å². The van der Waals surface area contributed by atoms with E-state index in [4.69, 9.17) is 0 Å². The average molecular weight is 549 g/mol. The van der Waals surface area contributed by atoms with Crippen LogP contribution in [0.2, 0.25) is 0 Å². The summed E-state index contributed by atoms with van der Waals surface area (Å²) in [6.07, 6.45) is -0.160. The van der Waals surface area contributed by atoms with Crippen LogP contribution in [-0.4, -0.2) is 62.9 Å². The standard InChI is InChI=1S/C33H32N4O4/c38-27-15-13-23(14-16-27)19-29-32(40)35(21-26-11-6-10-25-9-4-5-12-28(25)26)22-30-36(18-17-31(39)37(29)30)33(41)34-20-24-7-2-1-3-8-24/h1-16,29-30,38H,17-22H2,(H,34,41)/t29?,30-/m0/s1. The second-order valence-corrected chi connectivity index (χ2v) is 10.6. The van der Waals surface area contributed by atoms with E-state index in [2.05, 4.69) is 5.32 Å². The maximum absolute atomic E-state index is 14.1. The number of nitrogens with one attached hydrogen (secondary N) is 1. The zero-order chi connectivity index (χ0) is 28.3. The van der Waals surface area contributed by atoms with E-state index in [9.17, 15) is 19.5 Å². The molecule has 2 heterocycles. The number of phenols is 1. The van der Waals surface area contributed by atoms with E-state index in [1.807, 2.05) is 72.8 Å². The van der Waals surface area contributed by atoms with E-state index in [-0.39, 0.29) is 49.5 Å². The number of piperazine rings is 1. The zero-order valence-electron chi connectivity index (χ0n) is 22.6. The quantitative estimate of drug-likeness (QED) is 0.377. The lowest BCUT2D eigenvalue weighted by Gasteiger charge is -2.52. The molecule has 2 saturated heterocycles. The van der Waals surface area contributed by atoms with Gasteiger partial charge in [-0.3, -0.25) is 9.59 Å². The van der Waals surface area contributed by atoms with E-state index in [1.54, 1.807) is 39.0 Å². The fraction of sp³-hybridized carbons (Fsp3) is 0.242. The number of carbonyl (C=O) groups is 3. The average Bonchev–Trinajstić information content (AvgIpc) is 3.00. The topological polar surface area (TPSA) is 93.2 Å². The highest BCUT2D eigenvalue weighted by Gasteiger charge is 2.48. The Morgan fingerprint density at radius 1 is 0.854 bits per heavy atom. The molecule has 2 aliphatic rings. The van der Waals surface area contributed by atoms with Gasteiger partial charge in [-0.15, -0.1) is 0 Å². The Kier molecular flexibility index (Phi) is 7.29. The Bertz CT molecular complexity index is 1570. The van der Waals surface area contributed by atoms with Gasteiger partial charge in [0.05, 0.1) is 6.54 Å². The first-order chi connectivity index (χ1) is 20.0. The molecule has 0 spiro atoms. The lowest BCUT2D eigenvalue weighted by atomic mass is 9.96. The van der Waals surface area contributed by atoms with Gasteiger partial charge in [0.25, 0.3) is 0 Å². The van der Waals surface area contributed by atoms with Crippen LogP contribution in [0.4, 0.5) is 4.79 Å². The molecular weight excluding hydrogens is 516 g/mol. The Labute approximate surface area is 238 Å². The van der Waals surface area contributed by atoms with E-state index in [1.165, 1.54) is 0 Å². The zero-order valence-corrected chi connectivity index (χ0v) is 22.6. The largest absolute Gasteiger partial charge is 0.508 e. The summed E-state index contributed by atoms with van der Waals surface area (Å²) in [6, 6.07) is 29.4. The Morgan fingerprint density at radius 2 is 1.59 bits per heavy atom.